The summed E-state index contributed by atoms with van der Waals surface area (Å²) in [5.74, 6) is -2.80. The molecule has 4 rings (SSSR count). The molecule has 1 unspecified atom stereocenters. The normalized spacial score (nSPS) is 35.9. The molecule has 288 valence electrons. The van der Waals surface area contributed by atoms with Crippen molar-refractivity contribution >= 4 is 11.8 Å². The summed E-state index contributed by atoms with van der Waals surface area (Å²) in [5.41, 5.74) is 2.37. The van der Waals surface area contributed by atoms with E-state index in [2.05, 4.69) is 10.3 Å². The predicted octanol–water partition coefficient (Wildman–Crippen LogP) is 3.16. The van der Waals surface area contributed by atoms with E-state index in [9.17, 15) is 30.0 Å². The highest BCUT2D eigenvalue weighted by atomic mass is 16.7. The van der Waals surface area contributed by atoms with Crippen molar-refractivity contribution < 1.29 is 44.2 Å². The third-order valence-corrected chi connectivity index (χ3v) is 10.5. The van der Waals surface area contributed by atoms with Crippen LogP contribution in [0.5, 0.6) is 0 Å². The van der Waals surface area contributed by atoms with Crippen molar-refractivity contribution in [1.82, 2.24) is 19.9 Å². The second kappa shape index (κ2) is 19.2. The zero-order valence-electron chi connectivity index (χ0n) is 31.5. The number of likely N-dealkylation sites (N-methyl/N-ethyl adjacent to an activating group) is 1. The van der Waals surface area contributed by atoms with Crippen LogP contribution in [-0.2, 0) is 30.3 Å². The lowest BCUT2D eigenvalue weighted by atomic mass is 9.79. The van der Waals surface area contributed by atoms with Gasteiger partial charge in [0, 0.05) is 29.9 Å². The van der Waals surface area contributed by atoms with Crippen LogP contribution in [0.4, 0.5) is 0 Å². The number of allylic oxidation sites excluding steroid dienone is 3. The SMILES string of the molecule is CC[C@H]1OC(=O)C[C@@H](O)[C@H](C)[C@@H](O[C@@H]2O[C@H](C)[C@@H](O)[C@@H](N(C)C)C2O)[C@@H](CCn2cc(-c3ccccc3)nn2)C[C@@H](C)C(=O)/C=C/C(C)=C/[C@@H]1CO. The van der Waals surface area contributed by atoms with Gasteiger partial charge in [-0.3, -0.25) is 14.3 Å². The second-order valence-electron chi connectivity index (χ2n) is 14.7. The molecule has 12 atom stereocenters. The number of aliphatic hydroxyl groups excluding tert-OH is 4. The molecule has 2 aromatic rings. The first kappa shape index (κ1) is 41.5. The first-order valence-electron chi connectivity index (χ1n) is 18.4. The number of rotatable bonds is 9. The number of nitrogens with zero attached hydrogens (tertiary/aromatic N) is 4. The average Bonchev–Trinajstić information content (AvgIpc) is 3.60. The monoisotopic (exact) mass is 726 g/mol. The molecule has 52 heavy (non-hydrogen) atoms. The number of hydrogen-bond donors (Lipinski definition) is 4. The molecule has 0 amide bonds. The summed E-state index contributed by atoms with van der Waals surface area (Å²) in [6.45, 7) is 9.13. The maximum absolute atomic E-state index is 13.6. The van der Waals surface area contributed by atoms with E-state index in [1.807, 2.05) is 57.3 Å². The van der Waals surface area contributed by atoms with Crippen molar-refractivity contribution in [3.8, 4) is 11.3 Å². The summed E-state index contributed by atoms with van der Waals surface area (Å²) in [7, 11) is 3.51. The molecular formula is C39H58N4O9. The fourth-order valence-electron chi connectivity index (χ4n) is 7.30. The molecular weight excluding hydrogens is 668 g/mol. The Bertz CT molecular complexity index is 1500. The molecule has 0 radical (unpaired) electrons. The lowest BCUT2D eigenvalue weighted by Crippen LogP contribution is -2.63. The van der Waals surface area contributed by atoms with Gasteiger partial charge in [0.2, 0.25) is 0 Å². The molecule has 2 aliphatic heterocycles. The topological polar surface area (TPSA) is 177 Å². The molecule has 0 saturated carbocycles. The number of esters is 1. The van der Waals surface area contributed by atoms with Crippen LogP contribution in [0.2, 0.25) is 0 Å². The van der Waals surface area contributed by atoms with Crippen LogP contribution < -0.4 is 0 Å². The molecule has 0 spiro atoms. The number of carbonyl (C=O) groups excluding carboxylic acids is 2. The Morgan fingerprint density at radius 1 is 1.04 bits per heavy atom. The third-order valence-electron chi connectivity index (χ3n) is 10.5. The fourth-order valence-corrected chi connectivity index (χ4v) is 7.30. The first-order valence-corrected chi connectivity index (χ1v) is 18.4. The molecule has 1 fully saturated rings. The Labute approximate surface area is 307 Å². The highest BCUT2D eigenvalue weighted by Gasteiger charge is 2.47. The molecule has 1 saturated heterocycles. The highest BCUT2D eigenvalue weighted by Crippen LogP contribution is 2.35. The number of aryl methyl sites for hydroxylation is 1. The van der Waals surface area contributed by atoms with Crippen LogP contribution in [0.3, 0.4) is 0 Å². The Kier molecular flexibility index (Phi) is 15.3. The van der Waals surface area contributed by atoms with Crippen LogP contribution in [-0.4, -0.2) is 122 Å². The van der Waals surface area contributed by atoms with Crippen molar-refractivity contribution in [3.63, 3.8) is 0 Å². The summed E-state index contributed by atoms with van der Waals surface area (Å²) in [6.07, 6.45) is 0.945. The minimum absolute atomic E-state index is 0.110. The minimum atomic E-state index is -1.25. The van der Waals surface area contributed by atoms with E-state index in [0.717, 1.165) is 11.1 Å². The number of aliphatic hydroxyl groups is 4. The third kappa shape index (κ3) is 10.6. The molecule has 1 aromatic heterocycles. The van der Waals surface area contributed by atoms with Crippen LogP contribution in [0, 0.1) is 23.7 Å². The van der Waals surface area contributed by atoms with E-state index in [-0.39, 0.29) is 18.8 Å². The van der Waals surface area contributed by atoms with Crippen molar-refractivity contribution in [2.75, 3.05) is 20.7 Å². The zero-order chi connectivity index (χ0) is 38.1. The number of cyclic esters (lactones) is 1. The largest absolute Gasteiger partial charge is 0.462 e. The Balaban J connectivity index is 1.73. The second-order valence-corrected chi connectivity index (χ2v) is 14.7. The van der Waals surface area contributed by atoms with Gasteiger partial charge >= 0.3 is 5.97 Å². The summed E-state index contributed by atoms with van der Waals surface area (Å²) < 4.78 is 20.3. The molecule has 3 heterocycles. The summed E-state index contributed by atoms with van der Waals surface area (Å²) in [4.78, 5) is 28.6. The van der Waals surface area contributed by atoms with E-state index in [1.165, 1.54) is 6.08 Å². The van der Waals surface area contributed by atoms with Crippen molar-refractivity contribution in [2.24, 2.45) is 23.7 Å². The number of ketones is 1. The van der Waals surface area contributed by atoms with Gasteiger partial charge in [0.25, 0.3) is 0 Å². The molecule has 1 aromatic carbocycles. The van der Waals surface area contributed by atoms with Gasteiger partial charge in [-0.2, -0.15) is 0 Å². The van der Waals surface area contributed by atoms with Gasteiger partial charge in [0.1, 0.15) is 17.9 Å². The Morgan fingerprint density at radius 3 is 2.40 bits per heavy atom. The van der Waals surface area contributed by atoms with Crippen LogP contribution in [0.25, 0.3) is 11.3 Å². The standard InChI is InChI=1S/C39H58N4O9/c1-8-33-29(22-44)18-23(2)14-15-31(45)24(3)19-28(16-17-43-21-30(40-41-43)27-12-10-9-11-13-27)38(25(4)32(46)20-34(47)51-33)52-39-37(49)35(42(6)7)36(48)26(5)50-39/h9-15,18,21,24-26,28-29,32-33,35-39,44,46,48-49H,8,16-17,19-20,22H2,1-7H3/b15-14+,23-18+/t24-,25+,26-,28+,29-,32-,33-,35-,36-,37?,38-,39+/m1/s1. The van der Waals surface area contributed by atoms with Gasteiger partial charge in [0.05, 0.1) is 49.7 Å². The molecule has 2 aliphatic rings. The number of hydrogen-bond acceptors (Lipinski definition) is 12. The number of ether oxygens (including phenoxy) is 3. The van der Waals surface area contributed by atoms with Crippen molar-refractivity contribution in [1.29, 1.82) is 0 Å². The van der Waals surface area contributed by atoms with Crippen molar-refractivity contribution in [2.45, 2.75) is 116 Å². The van der Waals surface area contributed by atoms with Gasteiger partial charge in [0.15, 0.2) is 12.1 Å². The van der Waals surface area contributed by atoms with E-state index in [4.69, 9.17) is 14.2 Å². The fraction of sp³-hybridized carbons (Fsp3) is 0.641. The van der Waals surface area contributed by atoms with E-state index in [0.29, 0.717) is 31.5 Å². The van der Waals surface area contributed by atoms with Gasteiger partial charge < -0.3 is 39.5 Å². The smallest absolute Gasteiger partial charge is 0.308 e. The summed E-state index contributed by atoms with van der Waals surface area (Å²) in [6, 6.07) is 8.99. The molecule has 0 aliphatic carbocycles. The maximum atomic E-state index is 13.6. The van der Waals surface area contributed by atoms with Gasteiger partial charge in [-0.25, -0.2) is 0 Å². The summed E-state index contributed by atoms with van der Waals surface area (Å²) in [5, 5.41) is 52.8. The van der Waals surface area contributed by atoms with Gasteiger partial charge in [-0.1, -0.05) is 74.0 Å². The predicted molar refractivity (Wildman–Crippen MR) is 194 cm³/mol. The maximum Gasteiger partial charge on any atom is 0.308 e. The van der Waals surface area contributed by atoms with Crippen LogP contribution >= 0.6 is 0 Å². The Hall–Kier alpha value is -3.30. The summed E-state index contributed by atoms with van der Waals surface area (Å²) >= 11 is 0. The minimum Gasteiger partial charge on any atom is -0.462 e. The molecule has 4 N–H and O–H groups in total. The van der Waals surface area contributed by atoms with E-state index >= 15 is 0 Å². The average molecular weight is 727 g/mol. The van der Waals surface area contributed by atoms with Crippen molar-refractivity contribution in [3.05, 3.63) is 60.3 Å². The highest BCUT2D eigenvalue weighted by molar-refractivity contribution is 5.91. The first-order chi connectivity index (χ1) is 24.7. The lowest BCUT2D eigenvalue weighted by Gasteiger charge is -2.46. The number of carbonyl (C=O) groups is 2. The lowest BCUT2D eigenvalue weighted by molar-refractivity contribution is -0.304. The van der Waals surface area contributed by atoms with Crippen LogP contribution in [0.1, 0.15) is 60.3 Å². The van der Waals surface area contributed by atoms with E-state index in [1.54, 1.807) is 49.7 Å². The van der Waals surface area contributed by atoms with Crippen LogP contribution in [0.15, 0.2) is 60.3 Å². The number of aromatic nitrogens is 3. The molecule has 0 bridgehead atoms. The van der Waals surface area contributed by atoms with Gasteiger partial charge in [-0.15, -0.1) is 5.10 Å². The zero-order valence-corrected chi connectivity index (χ0v) is 31.5. The quantitative estimate of drug-likeness (QED) is 0.278. The van der Waals surface area contributed by atoms with Gasteiger partial charge in [-0.05, 0) is 59.2 Å². The van der Waals surface area contributed by atoms with E-state index < -0.39 is 78.6 Å². The number of benzene rings is 1. The Morgan fingerprint density at radius 2 is 1.75 bits per heavy atom. The molecule has 13 nitrogen and oxygen atoms in total. The molecule has 13 heteroatoms.